The largest absolute Gasteiger partial charge is 0.324 e. The van der Waals surface area contributed by atoms with Gasteiger partial charge in [0.15, 0.2) is 11.6 Å². The van der Waals surface area contributed by atoms with Crippen LogP contribution in [0.5, 0.6) is 0 Å². The maximum Gasteiger partial charge on any atom is 0.244 e. The van der Waals surface area contributed by atoms with E-state index in [0.717, 1.165) is 64.7 Å². The van der Waals surface area contributed by atoms with Gasteiger partial charge in [-0.2, -0.15) is 0 Å². The molecule has 0 saturated carbocycles. The van der Waals surface area contributed by atoms with E-state index in [0.29, 0.717) is 11.4 Å². The third-order valence-corrected chi connectivity index (χ3v) is 8.97. The number of carbonyl (C=O) groups excluding carboxylic acids is 4. The Hall–Kier alpha value is -3.36. The Balaban J connectivity index is 1.43. The Morgan fingerprint density at radius 3 is 1.30 bits per heavy atom. The van der Waals surface area contributed by atoms with Crippen molar-refractivity contribution in [2.45, 2.75) is 77.3 Å². The zero-order chi connectivity index (χ0) is 28.7. The Morgan fingerprint density at radius 1 is 0.600 bits per heavy atom. The molecule has 2 aromatic rings. The average Bonchev–Trinajstić information content (AvgIpc) is 2.96. The number of piperidine rings is 2. The molecule has 3 aliphatic rings. The van der Waals surface area contributed by atoms with Crippen molar-refractivity contribution in [3.63, 3.8) is 0 Å². The van der Waals surface area contributed by atoms with Crippen LogP contribution in [-0.4, -0.2) is 70.4 Å². The summed E-state index contributed by atoms with van der Waals surface area (Å²) in [5.74, 6) is -1.12. The molecule has 0 spiro atoms. The number of hydrogen-bond donors (Lipinski definition) is 2. The van der Waals surface area contributed by atoms with E-state index in [1.54, 1.807) is 36.4 Å². The molecule has 2 aromatic carbocycles. The van der Waals surface area contributed by atoms with Crippen LogP contribution in [0.2, 0.25) is 0 Å². The van der Waals surface area contributed by atoms with Crippen LogP contribution in [0, 0.1) is 0 Å². The van der Waals surface area contributed by atoms with Crippen molar-refractivity contribution in [1.29, 1.82) is 0 Å². The minimum Gasteiger partial charge on any atom is -0.324 e. The fraction of sp³-hybridized carbons (Fsp3) is 0.500. The molecule has 2 saturated heterocycles. The molecule has 40 heavy (non-hydrogen) atoms. The van der Waals surface area contributed by atoms with Gasteiger partial charge in [-0.15, -0.1) is 0 Å². The van der Waals surface area contributed by atoms with Crippen molar-refractivity contribution in [2.24, 2.45) is 0 Å². The number of amides is 2. The highest BCUT2D eigenvalue weighted by Gasteiger charge is 2.40. The number of benzene rings is 2. The van der Waals surface area contributed by atoms with Crippen LogP contribution in [0.3, 0.4) is 0 Å². The van der Waals surface area contributed by atoms with Crippen LogP contribution in [-0.2, 0) is 9.59 Å². The van der Waals surface area contributed by atoms with Crippen LogP contribution in [0.25, 0.3) is 0 Å². The van der Waals surface area contributed by atoms with E-state index in [4.69, 9.17) is 0 Å². The van der Waals surface area contributed by atoms with Gasteiger partial charge in [0.2, 0.25) is 11.8 Å². The van der Waals surface area contributed by atoms with Gasteiger partial charge in [-0.25, -0.2) is 0 Å². The fourth-order valence-corrected chi connectivity index (χ4v) is 6.19. The molecule has 0 bridgehead atoms. The molecular weight excluding hydrogens is 504 g/mol. The highest BCUT2D eigenvalue weighted by molar-refractivity contribution is 6.32. The van der Waals surface area contributed by atoms with Gasteiger partial charge in [0, 0.05) is 11.1 Å². The van der Waals surface area contributed by atoms with Crippen molar-refractivity contribution in [3.8, 4) is 0 Å². The monoisotopic (exact) mass is 544 g/mol. The highest BCUT2D eigenvalue weighted by Crippen LogP contribution is 2.36. The summed E-state index contributed by atoms with van der Waals surface area (Å²) in [5.41, 5.74) is -0.0246. The number of likely N-dealkylation sites (tertiary alicyclic amines) is 2. The molecular formula is C32H40N4O4. The van der Waals surface area contributed by atoms with Gasteiger partial charge in [0.1, 0.15) is 0 Å². The van der Waals surface area contributed by atoms with Gasteiger partial charge in [-0.3, -0.25) is 29.0 Å². The normalized spacial score (nSPS) is 18.6. The molecule has 2 amide bonds. The van der Waals surface area contributed by atoms with Crippen molar-refractivity contribution in [2.75, 3.05) is 36.8 Å². The van der Waals surface area contributed by atoms with E-state index in [1.807, 2.05) is 27.7 Å². The molecule has 0 aromatic heterocycles. The number of nitrogens with one attached hydrogen (secondary N) is 2. The maximum absolute atomic E-state index is 13.9. The van der Waals surface area contributed by atoms with E-state index in [2.05, 4.69) is 20.4 Å². The molecule has 8 nitrogen and oxygen atoms in total. The van der Waals surface area contributed by atoms with E-state index in [-0.39, 0.29) is 45.6 Å². The molecule has 5 rings (SSSR count). The van der Waals surface area contributed by atoms with Crippen molar-refractivity contribution in [1.82, 2.24) is 9.80 Å². The SMILES string of the molecule is CC(C)(C(=O)Nc1cccc2c1C(=O)c1cccc(NC(=O)C(C)(C)N3CCCCC3)c1C2=O)N1CCCCC1. The van der Waals surface area contributed by atoms with Crippen molar-refractivity contribution >= 4 is 34.8 Å². The highest BCUT2D eigenvalue weighted by atomic mass is 16.2. The van der Waals surface area contributed by atoms with Crippen LogP contribution >= 0.6 is 0 Å². The van der Waals surface area contributed by atoms with Crippen molar-refractivity contribution < 1.29 is 19.2 Å². The van der Waals surface area contributed by atoms with Crippen LogP contribution < -0.4 is 10.6 Å². The predicted molar refractivity (Wildman–Crippen MR) is 156 cm³/mol. The molecule has 8 heteroatoms. The Labute approximate surface area is 236 Å². The molecule has 0 radical (unpaired) electrons. The first-order valence-corrected chi connectivity index (χ1v) is 14.5. The summed E-state index contributed by atoms with van der Waals surface area (Å²) in [5, 5.41) is 5.93. The number of hydrogen-bond acceptors (Lipinski definition) is 6. The predicted octanol–water partition coefficient (Wildman–Crippen LogP) is 4.87. The third kappa shape index (κ3) is 4.99. The Morgan fingerprint density at radius 2 is 0.950 bits per heavy atom. The molecule has 2 heterocycles. The molecule has 2 fully saturated rings. The fourth-order valence-electron chi connectivity index (χ4n) is 6.19. The summed E-state index contributed by atoms with van der Waals surface area (Å²) >= 11 is 0. The zero-order valence-corrected chi connectivity index (χ0v) is 24.1. The second kappa shape index (κ2) is 10.9. The van der Waals surface area contributed by atoms with E-state index in [1.165, 1.54) is 0 Å². The number of carbonyl (C=O) groups is 4. The molecule has 2 N–H and O–H groups in total. The van der Waals surface area contributed by atoms with E-state index < -0.39 is 11.1 Å². The van der Waals surface area contributed by atoms with Gasteiger partial charge in [0.05, 0.1) is 33.6 Å². The second-order valence-corrected chi connectivity index (χ2v) is 12.2. The maximum atomic E-state index is 13.9. The molecule has 0 unspecified atom stereocenters. The number of fused-ring (bicyclic) bond motifs is 2. The topological polar surface area (TPSA) is 98.8 Å². The van der Waals surface area contributed by atoms with E-state index in [9.17, 15) is 19.2 Å². The Bertz CT molecular complexity index is 1250. The minimum absolute atomic E-state index is 0.194. The van der Waals surface area contributed by atoms with Gasteiger partial charge in [-0.05, 0) is 91.7 Å². The summed E-state index contributed by atoms with van der Waals surface area (Å²) in [6.45, 7) is 11.0. The van der Waals surface area contributed by atoms with Gasteiger partial charge in [-0.1, -0.05) is 37.1 Å². The zero-order valence-electron chi connectivity index (χ0n) is 24.1. The number of nitrogens with zero attached hydrogens (tertiary/aromatic N) is 2. The standard InChI is InChI=1S/C32H40N4O4/c1-31(2,35-17-7-5-8-18-35)29(39)33-23-15-11-13-21-25(23)27(37)22-14-12-16-24(26(22)28(21)38)34-30(40)32(3,4)36-19-9-6-10-20-36/h11-16H,5-10,17-20H2,1-4H3,(H,33,39)(H,34,40). The molecule has 2 aliphatic heterocycles. The van der Waals surface area contributed by atoms with Gasteiger partial charge < -0.3 is 10.6 Å². The first kappa shape index (κ1) is 28.2. The lowest BCUT2D eigenvalue weighted by molar-refractivity contribution is -0.127. The lowest BCUT2D eigenvalue weighted by Gasteiger charge is -2.40. The lowest BCUT2D eigenvalue weighted by Crippen LogP contribution is -2.54. The Kier molecular flexibility index (Phi) is 7.68. The van der Waals surface area contributed by atoms with Crippen LogP contribution in [0.15, 0.2) is 36.4 Å². The average molecular weight is 545 g/mol. The number of anilines is 2. The summed E-state index contributed by atoms with van der Waals surface area (Å²) in [7, 11) is 0. The first-order chi connectivity index (χ1) is 19.0. The minimum atomic E-state index is -0.763. The van der Waals surface area contributed by atoms with Gasteiger partial charge >= 0.3 is 0 Å². The quantitative estimate of drug-likeness (QED) is 0.460. The van der Waals surface area contributed by atoms with Crippen molar-refractivity contribution in [3.05, 3.63) is 58.7 Å². The number of rotatable bonds is 6. The molecule has 0 atom stereocenters. The molecule has 1 aliphatic carbocycles. The summed E-state index contributed by atoms with van der Waals surface area (Å²) in [4.78, 5) is 59.0. The lowest BCUT2D eigenvalue weighted by atomic mass is 9.82. The summed E-state index contributed by atoms with van der Waals surface area (Å²) < 4.78 is 0. The number of ketones is 2. The third-order valence-electron chi connectivity index (χ3n) is 8.97. The van der Waals surface area contributed by atoms with E-state index >= 15 is 0 Å². The molecule has 212 valence electrons. The summed E-state index contributed by atoms with van der Waals surface area (Å²) in [6.07, 6.45) is 6.53. The smallest absolute Gasteiger partial charge is 0.244 e. The van der Waals surface area contributed by atoms with Crippen LogP contribution in [0.4, 0.5) is 11.4 Å². The van der Waals surface area contributed by atoms with Gasteiger partial charge in [0.25, 0.3) is 0 Å². The first-order valence-electron chi connectivity index (χ1n) is 14.5. The van der Waals surface area contributed by atoms with Crippen LogP contribution in [0.1, 0.15) is 98.1 Å². The summed E-state index contributed by atoms with van der Waals surface area (Å²) in [6, 6.07) is 9.93. The second-order valence-electron chi connectivity index (χ2n) is 12.2.